The van der Waals surface area contributed by atoms with Crippen molar-refractivity contribution in [2.24, 2.45) is 0 Å². The number of benzene rings is 3. The number of carbonyl (C=O) groups excluding carboxylic acids is 9. The third-order valence-corrected chi connectivity index (χ3v) is 22.1. The Morgan fingerprint density at radius 3 is 0.670 bits per heavy atom. The van der Waals surface area contributed by atoms with E-state index in [1.54, 1.807) is 203 Å². The maximum Gasteiger partial charge on any atom is 0.256 e. The second-order valence-corrected chi connectivity index (χ2v) is 29.0. The second kappa shape index (κ2) is 37.4. The Kier molecular flexibility index (Phi) is 34.5. The number of aliphatic hydroxyl groups is 11. The number of nitrogens with zero attached hydrogens (tertiary/aromatic N) is 6. The molecule has 14 N–H and O–H groups in total. The lowest BCUT2D eigenvalue weighted by atomic mass is 10.0. The van der Waals surface area contributed by atoms with Crippen molar-refractivity contribution in [2.75, 3.05) is 137 Å². The van der Waals surface area contributed by atoms with Crippen LogP contribution in [0.2, 0.25) is 0 Å². The van der Waals surface area contributed by atoms with Crippen LogP contribution >= 0.6 is 203 Å². The van der Waals surface area contributed by atoms with Crippen molar-refractivity contribution in [3.8, 4) is 0 Å². The first-order valence-corrected chi connectivity index (χ1v) is 34.9. The van der Waals surface area contributed by atoms with Gasteiger partial charge in [-0.15, -0.1) is 0 Å². The number of carbonyl (C=O) groups is 9. The number of rotatable bonds is 29. The molecule has 0 aliphatic heterocycles. The largest absolute Gasteiger partial charge is 0.394 e. The molecule has 488 valence electrons. The predicted octanol–water partition coefficient (Wildman–Crippen LogP) is -0.0956. The van der Waals surface area contributed by atoms with Crippen molar-refractivity contribution >= 4 is 274 Å². The van der Waals surface area contributed by atoms with E-state index in [2.05, 4.69) is 16.0 Å². The molecule has 0 heterocycles. The molecule has 9 amide bonds. The standard InChI is InChI=1S/C50H60I9N9O20/c1-63(45(83)27-33(51)29(47(85)65(3)8-21(77)13-69)38(56)42(36(27)54)60-24(80)16-72)6-19(75)11-68(50(88)32-35(53)31(49(87)67(5)10-23(79)15-71)40(58)44(41(32)59)62-26(82)18-74)12-20(76)7-64(2)46(84)28-34(52)30(48(86)66(4)9-22(78)14-70)39(57)43(37(28)55)61-25(81)17-73/h19-23,69-79H,6-18H2,1-5H3,(H,60,80)(H,61,81)(H,62,82). The molecular weight excluding hydrogens is 2190 g/mol. The Labute approximate surface area is 626 Å². The smallest absolute Gasteiger partial charge is 0.256 e. The first-order chi connectivity index (χ1) is 41.0. The van der Waals surface area contributed by atoms with E-state index >= 15 is 4.79 Å². The quantitative estimate of drug-likeness (QED) is 0.0404. The van der Waals surface area contributed by atoms with Gasteiger partial charge in [0.05, 0.1) is 122 Å². The molecule has 5 unspecified atom stereocenters. The predicted molar refractivity (Wildman–Crippen MR) is 393 cm³/mol. The zero-order valence-corrected chi connectivity index (χ0v) is 66.2. The van der Waals surface area contributed by atoms with Crippen molar-refractivity contribution in [3.05, 3.63) is 65.5 Å². The zero-order valence-electron chi connectivity index (χ0n) is 46.8. The lowest BCUT2D eigenvalue weighted by Crippen LogP contribution is -2.48. The van der Waals surface area contributed by atoms with E-state index < -0.39 is 156 Å². The molecule has 0 aliphatic carbocycles. The Balaban J connectivity index is 2.33. The third kappa shape index (κ3) is 20.5. The number of hydrogen-bond acceptors (Lipinski definition) is 20. The van der Waals surface area contributed by atoms with E-state index in [1.807, 2.05) is 0 Å². The SMILES string of the molecule is CN(CC(O)CO)C(=O)c1c(I)c(NC(=O)CO)c(I)c(C(=O)N(C)CC(O)CN(CC(O)CN(C)C(=O)c2c(I)c(NC(=O)CO)c(I)c(C(=O)N(C)CC(O)CO)c2I)C(=O)c2c(I)c(NC(=O)CO)c(I)c(C(=O)N(C)CC(O)CO)c2I)c1I. The summed E-state index contributed by atoms with van der Waals surface area (Å²) in [6.07, 6.45) is -7.60. The molecule has 0 aromatic heterocycles. The van der Waals surface area contributed by atoms with Gasteiger partial charge in [0.2, 0.25) is 17.7 Å². The van der Waals surface area contributed by atoms with Crippen LogP contribution < -0.4 is 16.0 Å². The molecule has 0 fully saturated rings. The molecular formula is C50H60I9N9O20. The number of likely N-dealkylation sites (N-methyl/N-ethyl adjacent to an activating group) is 5. The van der Waals surface area contributed by atoms with Crippen LogP contribution in [0, 0.1) is 32.1 Å². The monoisotopic (exact) mass is 2250 g/mol. The van der Waals surface area contributed by atoms with Crippen LogP contribution in [0.3, 0.4) is 0 Å². The average Bonchev–Trinajstić information content (AvgIpc) is 0.997. The Bertz CT molecular complexity index is 3030. The van der Waals surface area contributed by atoms with Crippen LogP contribution in [0.15, 0.2) is 0 Å². The number of amides is 9. The summed E-state index contributed by atoms with van der Waals surface area (Å²) in [7, 11) is 6.48. The highest BCUT2D eigenvalue weighted by atomic mass is 127. The summed E-state index contributed by atoms with van der Waals surface area (Å²) in [6, 6.07) is 0. The Morgan fingerprint density at radius 2 is 0.489 bits per heavy atom. The molecule has 3 aromatic carbocycles. The van der Waals surface area contributed by atoms with E-state index in [0.29, 0.717) is 0 Å². The molecule has 5 atom stereocenters. The summed E-state index contributed by atoms with van der Waals surface area (Å²) >= 11 is 15.8. The molecule has 3 aromatic rings. The normalized spacial score (nSPS) is 12.9. The van der Waals surface area contributed by atoms with Gasteiger partial charge in [0.15, 0.2) is 0 Å². The van der Waals surface area contributed by atoms with Crippen molar-refractivity contribution in [1.29, 1.82) is 0 Å². The maximum atomic E-state index is 15.5. The molecule has 3 rings (SSSR count). The number of hydrogen-bond donors (Lipinski definition) is 14. The van der Waals surface area contributed by atoms with Crippen LogP contribution in [-0.2, 0) is 14.4 Å². The highest BCUT2D eigenvalue weighted by Crippen LogP contribution is 2.40. The fourth-order valence-corrected chi connectivity index (χ4v) is 21.2. The van der Waals surface area contributed by atoms with Crippen LogP contribution in [0.5, 0.6) is 0 Å². The second-order valence-electron chi connectivity index (χ2n) is 19.3. The summed E-state index contributed by atoms with van der Waals surface area (Å²) in [6.45, 7) is -8.96. The van der Waals surface area contributed by atoms with Crippen molar-refractivity contribution < 1.29 is 99.3 Å². The van der Waals surface area contributed by atoms with Gasteiger partial charge in [-0.3, -0.25) is 43.2 Å². The van der Waals surface area contributed by atoms with Crippen LogP contribution in [0.25, 0.3) is 0 Å². The fraction of sp³-hybridized carbons (Fsp3) is 0.460. The Hall–Kier alpha value is -0.980. The van der Waals surface area contributed by atoms with Crippen LogP contribution in [-0.4, -0.2) is 290 Å². The first-order valence-electron chi connectivity index (χ1n) is 25.2. The third-order valence-electron chi connectivity index (χ3n) is 12.4. The molecule has 0 aliphatic rings. The fourth-order valence-electron chi connectivity index (χ4n) is 8.13. The minimum atomic E-state index is -1.75. The van der Waals surface area contributed by atoms with Gasteiger partial charge in [0, 0.05) is 91.8 Å². The van der Waals surface area contributed by atoms with Gasteiger partial charge in [-0.05, 0) is 203 Å². The number of aliphatic hydroxyl groups excluding tert-OH is 11. The average molecular weight is 2250 g/mol. The van der Waals surface area contributed by atoms with E-state index in [1.165, 1.54) is 35.2 Å². The van der Waals surface area contributed by atoms with E-state index in [9.17, 15) is 94.5 Å². The maximum absolute atomic E-state index is 15.5. The lowest BCUT2D eigenvalue weighted by Gasteiger charge is -2.32. The van der Waals surface area contributed by atoms with Gasteiger partial charge in [0.1, 0.15) is 19.8 Å². The highest BCUT2D eigenvalue weighted by molar-refractivity contribution is 14.1. The molecule has 0 bridgehead atoms. The summed E-state index contributed by atoms with van der Waals surface area (Å²) in [5, 5.41) is 120. The number of halogens is 9. The van der Waals surface area contributed by atoms with E-state index in [-0.39, 0.29) is 95.7 Å². The summed E-state index contributed by atoms with van der Waals surface area (Å²) in [5.74, 6) is -7.80. The molecule has 29 nitrogen and oxygen atoms in total. The van der Waals surface area contributed by atoms with Crippen LogP contribution in [0.4, 0.5) is 17.1 Å². The summed E-state index contributed by atoms with van der Waals surface area (Å²) in [4.78, 5) is 132. The van der Waals surface area contributed by atoms with Crippen molar-refractivity contribution in [3.63, 3.8) is 0 Å². The molecule has 0 saturated carbocycles. The first kappa shape index (κ1) is 81.3. The lowest BCUT2D eigenvalue weighted by molar-refractivity contribution is -0.119. The van der Waals surface area contributed by atoms with Gasteiger partial charge in [0.25, 0.3) is 35.4 Å². The molecule has 0 radical (unpaired) electrons. The molecule has 0 spiro atoms. The molecule has 38 heteroatoms. The van der Waals surface area contributed by atoms with Crippen LogP contribution in [0.1, 0.15) is 62.1 Å². The number of nitrogens with one attached hydrogen (secondary N) is 3. The minimum Gasteiger partial charge on any atom is -0.394 e. The number of anilines is 3. The minimum absolute atomic E-state index is 0.0102. The van der Waals surface area contributed by atoms with E-state index in [4.69, 9.17) is 0 Å². The Morgan fingerprint density at radius 1 is 0.307 bits per heavy atom. The van der Waals surface area contributed by atoms with Gasteiger partial charge in [-0.25, -0.2) is 0 Å². The van der Waals surface area contributed by atoms with E-state index in [0.717, 1.165) is 29.4 Å². The van der Waals surface area contributed by atoms with Gasteiger partial charge >= 0.3 is 0 Å². The summed E-state index contributed by atoms with van der Waals surface area (Å²) < 4.78 is 0.579. The van der Waals surface area contributed by atoms with Gasteiger partial charge in [-0.2, -0.15) is 0 Å². The highest BCUT2D eigenvalue weighted by Gasteiger charge is 2.37. The van der Waals surface area contributed by atoms with Gasteiger partial charge in [-0.1, -0.05) is 0 Å². The van der Waals surface area contributed by atoms with Gasteiger partial charge < -0.3 is 102 Å². The molecule has 88 heavy (non-hydrogen) atoms. The van der Waals surface area contributed by atoms with Crippen molar-refractivity contribution in [1.82, 2.24) is 29.4 Å². The van der Waals surface area contributed by atoms with Crippen molar-refractivity contribution in [2.45, 2.75) is 30.5 Å². The topological polar surface area (TPSA) is 432 Å². The zero-order chi connectivity index (χ0) is 67.3. The summed E-state index contributed by atoms with van der Waals surface area (Å²) in [5.41, 5.74) is -1.29. The molecule has 0 saturated heterocycles.